The van der Waals surface area contributed by atoms with Gasteiger partial charge in [-0.05, 0) is 12.5 Å². The molecule has 0 aliphatic rings. The molecular weight excluding hydrogens is 194 g/mol. The first-order chi connectivity index (χ1) is 4.16. The largest absolute Gasteiger partial charge is 0.238 e. The Bertz CT molecular complexity index is 67.2. The number of hydrogen-bond acceptors (Lipinski definition) is 0. The number of rotatable bonds is 4. The Balaban J connectivity index is 3.15. The first-order valence-corrected chi connectivity index (χ1v) is 7.83. The molecule has 4 heteroatoms. The minimum atomic E-state index is -1.45. The van der Waals surface area contributed by atoms with Crippen molar-refractivity contribution in [2.75, 3.05) is 0 Å². The normalized spacial score (nSPS) is 14.3. The third-order valence-corrected chi connectivity index (χ3v) is 3.73. The van der Waals surface area contributed by atoms with Gasteiger partial charge in [-0.15, -0.1) is 11.6 Å². The Hall–Kier alpha value is 1.09. The molecule has 9 heavy (non-hydrogen) atoms. The zero-order valence-corrected chi connectivity index (χ0v) is 8.83. The molecule has 0 aliphatic heterocycles. The van der Waals surface area contributed by atoms with Crippen molar-refractivity contribution in [1.82, 2.24) is 0 Å². The predicted molar refractivity (Wildman–Crippen MR) is 48.2 cm³/mol. The highest BCUT2D eigenvalue weighted by Crippen LogP contribution is 2.16. The third kappa shape index (κ3) is 6.98. The van der Waals surface area contributed by atoms with E-state index in [0.29, 0.717) is 0 Å². The van der Waals surface area contributed by atoms with Crippen LogP contribution < -0.4 is 0 Å². The van der Waals surface area contributed by atoms with Crippen LogP contribution >= 0.6 is 33.8 Å². The van der Waals surface area contributed by atoms with E-state index in [2.05, 4.69) is 6.92 Å². The van der Waals surface area contributed by atoms with Crippen LogP contribution in [0, 0.1) is 0 Å². The van der Waals surface area contributed by atoms with Crippen LogP contribution in [0.15, 0.2) is 0 Å². The summed E-state index contributed by atoms with van der Waals surface area (Å²) in [7, 11) is -1.45. The molecule has 0 aromatic rings. The van der Waals surface area contributed by atoms with Crippen molar-refractivity contribution in [2.24, 2.45) is 0 Å². The highest BCUT2D eigenvalue weighted by Gasteiger charge is 2.09. The molecule has 1 atom stereocenters. The first-order valence-electron chi connectivity index (χ1n) is 3.09. The van der Waals surface area contributed by atoms with Gasteiger partial charge in [-0.3, -0.25) is 0 Å². The average molecular weight is 206 g/mol. The van der Waals surface area contributed by atoms with E-state index in [4.69, 9.17) is 33.8 Å². The SMILES string of the molecule is CCCC(Cl)C[SiH](Cl)Cl. The Morgan fingerprint density at radius 3 is 2.33 bits per heavy atom. The van der Waals surface area contributed by atoms with Crippen LogP contribution in [-0.4, -0.2) is 12.8 Å². The predicted octanol–water partition coefficient (Wildman–Crippen LogP) is 3.09. The molecule has 0 amide bonds. The molecule has 0 saturated heterocycles. The highest BCUT2D eigenvalue weighted by atomic mass is 35.7. The van der Waals surface area contributed by atoms with Gasteiger partial charge in [0.15, 0.2) is 0 Å². The van der Waals surface area contributed by atoms with Crippen LogP contribution in [0.4, 0.5) is 0 Å². The van der Waals surface area contributed by atoms with E-state index in [1.807, 2.05) is 0 Å². The smallest absolute Gasteiger partial charge is 0.150 e. The fourth-order valence-corrected chi connectivity index (χ4v) is 3.84. The monoisotopic (exact) mass is 204 g/mol. The fraction of sp³-hybridized carbons (Fsp3) is 1.00. The van der Waals surface area contributed by atoms with Crippen LogP contribution in [0.5, 0.6) is 0 Å². The minimum Gasteiger partial charge on any atom is -0.150 e. The molecule has 0 spiro atoms. The summed E-state index contributed by atoms with van der Waals surface area (Å²) in [6, 6.07) is 0.832. The molecule has 0 bridgehead atoms. The lowest BCUT2D eigenvalue weighted by atomic mass is 10.3. The van der Waals surface area contributed by atoms with Gasteiger partial charge in [-0.25, -0.2) is 0 Å². The molecule has 0 aliphatic carbocycles. The van der Waals surface area contributed by atoms with Crippen molar-refractivity contribution in [3.05, 3.63) is 0 Å². The summed E-state index contributed by atoms with van der Waals surface area (Å²) in [6.07, 6.45) is 2.15. The van der Waals surface area contributed by atoms with Gasteiger partial charge in [-0.1, -0.05) is 13.3 Å². The summed E-state index contributed by atoms with van der Waals surface area (Å²) in [5.74, 6) is 0. The number of hydrogen-bond donors (Lipinski definition) is 0. The van der Waals surface area contributed by atoms with Crippen molar-refractivity contribution in [3.63, 3.8) is 0 Å². The first kappa shape index (κ1) is 10.1. The van der Waals surface area contributed by atoms with Crippen molar-refractivity contribution in [3.8, 4) is 0 Å². The van der Waals surface area contributed by atoms with Gasteiger partial charge >= 0.3 is 0 Å². The second-order valence-electron chi connectivity index (χ2n) is 2.01. The molecule has 0 aromatic carbocycles. The topological polar surface area (TPSA) is 0 Å². The lowest BCUT2D eigenvalue weighted by molar-refractivity contribution is 0.777. The van der Waals surface area contributed by atoms with E-state index in [9.17, 15) is 0 Å². The van der Waals surface area contributed by atoms with Gasteiger partial charge < -0.3 is 0 Å². The molecule has 0 N–H and O–H groups in total. The van der Waals surface area contributed by atoms with Gasteiger partial charge in [-0.2, -0.15) is 22.2 Å². The lowest BCUT2D eigenvalue weighted by Crippen LogP contribution is -2.04. The van der Waals surface area contributed by atoms with E-state index in [1.54, 1.807) is 0 Å². The summed E-state index contributed by atoms with van der Waals surface area (Å²) in [5.41, 5.74) is 0. The fourth-order valence-electron chi connectivity index (χ4n) is 0.624. The van der Waals surface area contributed by atoms with Crippen molar-refractivity contribution >= 4 is 41.2 Å². The van der Waals surface area contributed by atoms with Crippen LogP contribution in [0.3, 0.4) is 0 Å². The van der Waals surface area contributed by atoms with Crippen molar-refractivity contribution in [2.45, 2.75) is 31.2 Å². The molecule has 0 saturated carbocycles. The number of halogens is 3. The van der Waals surface area contributed by atoms with Crippen molar-refractivity contribution < 1.29 is 0 Å². The van der Waals surface area contributed by atoms with E-state index in [1.165, 1.54) is 0 Å². The molecule has 0 nitrogen and oxygen atoms in total. The maximum atomic E-state index is 5.84. The van der Waals surface area contributed by atoms with Gasteiger partial charge in [0.25, 0.3) is 0 Å². The van der Waals surface area contributed by atoms with E-state index in [0.717, 1.165) is 18.9 Å². The standard InChI is InChI=1S/C5H11Cl3Si/c1-2-3-5(6)4-9(7)8/h5,9H,2-4H2,1H3. The molecule has 0 fully saturated rings. The molecule has 1 unspecified atom stereocenters. The number of alkyl halides is 1. The molecule has 0 aromatic heterocycles. The van der Waals surface area contributed by atoms with E-state index in [-0.39, 0.29) is 5.38 Å². The summed E-state index contributed by atoms with van der Waals surface area (Å²) >= 11 is 17.1. The average Bonchev–Trinajstić information content (AvgIpc) is 1.63. The summed E-state index contributed by atoms with van der Waals surface area (Å²) in [6.45, 7) is 2.11. The van der Waals surface area contributed by atoms with Gasteiger partial charge in [0.05, 0.1) is 0 Å². The maximum Gasteiger partial charge on any atom is 0.238 e. The van der Waals surface area contributed by atoms with Gasteiger partial charge in [0, 0.05) is 5.38 Å². The summed E-state index contributed by atoms with van der Waals surface area (Å²) in [4.78, 5) is 0. The Morgan fingerprint density at radius 1 is 1.44 bits per heavy atom. The zero-order chi connectivity index (χ0) is 7.28. The van der Waals surface area contributed by atoms with Crippen LogP contribution in [-0.2, 0) is 0 Å². The van der Waals surface area contributed by atoms with Crippen molar-refractivity contribution in [1.29, 1.82) is 0 Å². The Kier molecular flexibility index (Phi) is 6.55. The quantitative estimate of drug-likeness (QED) is 0.376. The van der Waals surface area contributed by atoms with Gasteiger partial charge in [0.2, 0.25) is 7.42 Å². The Labute approximate surface area is 72.5 Å². The zero-order valence-electron chi connectivity index (χ0n) is 5.41. The molecule has 0 heterocycles. The summed E-state index contributed by atoms with van der Waals surface area (Å²) in [5, 5.41) is 0.210. The van der Waals surface area contributed by atoms with Gasteiger partial charge in [0.1, 0.15) is 0 Å². The van der Waals surface area contributed by atoms with E-state index < -0.39 is 7.42 Å². The lowest BCUT2D eigenvalue weighted by Gasteiger charge is -2.05. The molecular formula is C5H11Cl3Si. The third-order valence-electron chi connectivity index (χ3n) is 1.04. The van der Waals surface area contributed by atoms with Crippen LogP contribution in [0.1, 0.15) is 19.8 Å². The summed E-state index contributed by atoms with van der Waals surface area (Å²) < 4.78 is 0. The highest BCUT2D eigenvalue weighted by molar-refractivity contribution is 7.33. The maximum absolute atomic E-state index is 5.84. The second kappa shape index (κ2) is 5.84. The van der Waals surface area contributed by atoms with Crippen LogP contribution in [0.2, 0.25) is 6.04 Å². The molecule has 0 rings (SSSR count). The Morgan fingerprint density at radius 2 is 2.00 bits per heavy atom. The van der Waals surface area contributed by atoms with E-state index >= 15 is 0 Å². The minimum absolute atomic E-state index is 0.210. The second-order valence-corrected chi connectivity index (χ2v) is 7.71. The molecule has 0 radical (unpaired) electrons. The van der Waals surface area contributed by atoms with Crippen LogP contribution in [0.25, 0.3) is 0 Å². The molecule has 56 valence electrons.